The number of hydrogen-bond acceptors (Lipinski definition) is 5. The van der Waals surface area contributed by atoms with E-state index < -0.39 is 11.1 Å². The van der Waals surface area contributed by atoms with Crippen molar-refractivity contribution in [3.05, 3.63) is 83.8 Å². The van der Waals surface area contributed by atoms with Crippen molar-refractivity contribution in [2.24, 2.45) is 0 Å². The standard InChI is InChI=1S/C39H57N6O3/c1-7-33(42-20-17-30(27-42)23-36(46)41-32-25-38(3,4)45(48)39(5,6)26-32)15-16-34(43-21-18-40-28-43)24-35(44-19-11-14-37(44)47)22-29(2)31-12-9-8-10-13-31/h8-10,12-13,17-18,20-21,27-29,32-35H,7,11,14-16,19,22-26H2,1-6H3,(H,41,46)/q-1. The minimum absolute atomic E-state index is 0.00384. The minimum atomic E-state index is -0.518. The molecule has 4 heterocycles. The number of amides is 2. The Balaban J connectivity index is 1.23. The average molecular weight is 658 g/mol. The Morgan fingerprint density at radius 2 is 1.69 bits per heavy atom. The number of benzene rings is 1. The van der Waals surface area contributed by atoms with Gasteiger partial charge in [0, 0.05) is 73.0 Å². The van der Waals surface area contributed by atoms with E-state index in [2.05, 4.69) is 93.2 Å². The fourth-order valence-corrected chi connectivity index (χ4v) is 8.49. The third kappa shape index (κ3) is 8.77. The normalized spacial score (nSPS) is 20.8. The van der Waals surface area contributed by atoms with Gasteiger partial charge in [-0.25, -0.2) is 4.98 Å². The number of hydrogen-bond donors (Lipinski definition) is 1. The number of aromatic nitrogens is 3. The van der Waals surface area contributed by atoms with E-state index in [1.807, 2.05) is 40.2 Å². The maximum Gasteiger partial charge on any atom is 0.224 e. The molecule has 48 heavy (non-hydrogen) atoms. The second-order valence-corrected chi connectivity index (χ2v) is 15.7. The van der Waals surface area contributed by atoms with E-state index in [1.54, 1.807) is 0 Å². The van der Waals surface area contributed by atoms with Crippen LogP contribution in [0.3, 0.4) is 0 Å². The summed E-state index contributed by atoms with van der Waals surface area (Å²) in [6.07, 6.45) is 18.0. The number of imidazole rings is 1. The molecule has 2 fully saturated rings. The lowest BCUT2D eigenvalue weighted by molar-refractivity contribution is -0.130. The third-order valence-electron chi connectivity index (χ3n) is 10.9. The highest BCUT2D eigenvalue weighted by molar-refractivity contribution is 5.79. The Bertz CT molecular complexity index is 1450. The van der Waals surface area contributed by atoms with Crippen LogP contribution in [0.5, 0.6) is 0 Å². The molecule has 0 radical (unpaired) electrons. The molecule has 4 unspecified atom stereocenters. The Labute approximate surface area is 287 Å². The lowest BCUT2D eigenvalue weighted by Gasteiger charge is -2.60. The molecule has 0 aliphatic carbocycles. The predicted octanol–water partition coefficient (Wildman–Crippen LogP) is 7.41. The lowest BCUT2D eigenvalue weighted by atomic mass is 9.79. The summed E-state index contributed by atoms with van der Waals surface area (Å²) in [5.74, 6) is 0.636. The van der Waals surface area contributed by atoms with Crippen molar-refractivity contribution in [3.8, 4) is 0 Å². The second-order valence-electron chi connectivity index (χ2n) is 15.7. The monoisotopic (exact) mass is 657 g/mol. The number of likely N-dealkylation sites (tertiary alicyclic amines) is 1. The van der Waals surface area contributed by atoms with Crippen molar-refractivity contribution in [3.63, 3.8) is 0 Å². The first kappa shape index (κ1) is 35.9. The van der Waals surface area contributed by atoms with Gasteiger partial charge in [0.05, 0.1) is 12.7 Å². The van der Waals surface area contributed by atoms with Gasteiger partial charge >= 0.3 is 0 Å². The van der Waals surface area contributed by atoms with Gasteiger partial charge in [-0.15, -0.1) is 0 Å². The largest absolute Gasteiger partial charge is 0.784 e. The van der Waals surface area contributed by atoms with Crippen molar-refractivity contribution in [2.45, 2.75) is 147 Å². The summed E-state index contributed by atoms with van der Waals surface area (Å²) >= 11 is 0. The van der Waals surface area contributed by atoms with Gasteiger partial charge in [-0.1, -0.05) is 44.2 Å². The van der Waals surface area contributed by atoms with E-state index in [-0.39, 0.29) is 29.9 Å². The number of piperidine rings is 1. The van der Waals surface area contributed by atoms with Crippen molar-refractivity contribution in [2.75, 3.05) is 6.54 Å². The molecule has 1 N–H and O–H groups in total. The molecule has 2 amide bonds. The zero-order valence-corrected chi connectivity index (χ0v) is 30.0. The number of carbonyl (C=O) groups excluding carboxylic acids is 2. The van der Waals surface area contributed by atoms with Crippen LogP contribution >= 0.6 is 0 Å². The maximum atomic E-state index is 13.1. The topological polar surface area (TPSA) is 98.5 Å². The smallest absolute Gasteiger partial charge is 0.224 e. The van der Waals surface area contributed by atoms with Gasteiger partial charge in [-0.05, 0) is 102 Å². The van der Waals surface area contributed by atoms with E-state index in [9.17, 15) is 14.8 Å². The molecule has 5 rings (SSSR count). The van der Waals surface area contributed by atoms with Gasteiger partial charge in [0.2, 0.25) is 11.8 Å². The van der Waals surface area contributed by atoms with E-state index >= 15 is 0 Å². The van der Waals surface area contributed by atoms with Crippen LogP contribution in [0.15, 0.2) is 67.5 Å². The van der Waals surface area contributed by atoms with E-state index in [1.165, 1.54) is 10.6 Å². The summed E-state index contributed by atoms with van der Waals surface area (Å²) in [6, 6.07) is 13.4. The van der Waals surface area contributed by atoms with Gasteiger partial charge in [-0.3, -0.25) is 9.59 Å². The lowest BCUT2D eigenvalue weighted by Crippen LogP contribution is -2.62. The van der Waals surface area contributed by atoms with Crippen LogP contribution in [0.4, 0.5) is 0 Å². The first-order valence-corrected chi connectivity index (χ1v) is 18.1. The number of hydroxylamine groups is 2. The fraction of sp³-hybridized carbons (Fsp3) is 0.615. The molecular weight excluding hydrogens is 600 g/mol. The first-order valence-electron chi connectivity index (χ1n) is 18.1. The molecule has 4 atom stereocenters. The highest BCUT2D eigenvalue weighted by Crippen LogP contribution is 2.38. The number of carbonyl (C=O) groups is 2. The van der Waals surface area contributed by atoms with Crippen molar-refractivity contribution in [1.82, 2.24) is 29.4 Å². The van der Waals surface area contributed by atoms with Crippen molar-refractivity contribution in [1.29, 1.82) is 0 Å². The zero-order valence-electron chi connectivity index (χ0n) is 30.0. The highest BCUT2D eigenvalue weighted by atomic mass is 16.5. The Kier molecular flexibility index (Phi) is 11.5. The Morgan fingerprint density at radius 1 is 0.979 bits per heavy atom. The summed E-state index contributed by atoms with van der Waals surface area (Å²) in [4.78, 5) is 32.7. The molecule has 0 spiro atoms. The molecule has 0 saturated carbocycles. The summed E-state index contributed by atoms with van der Waals surface area (Å²) < 4.78 is 4.51. The maximum absolute atomic E-state index is 13.1. The summed E-state index contributed by atoms with van der Waals surface area (Å²) in [5.41, 5.74) is 1.28. The Hall–Kier alpha value is -3.43. The average Bonchev–Trinajstić information content (AvgIpc) is 3.82. The quantitative estimate of drug-likeness (QED) is 0.184. The van der Waals surface area contributed by atoms with Gasteiger partial charge in [0.1, 0.15) is 0 Å². The van der Waals surface area contributed by atoms with Crippen LogP contribution in [0.1, 0.15) is 128 Å². The molecule has 2 aliphatic heterocycles. The number of nitrogens with one attached hydrogen (secondary N) is 1. The predicted molar refractivity (Wildman–Crippen MR) is 191 cm³/mol. The van der Waals surface area contributed by atoms with Crippen LogP contribution in [0.2, 0.25) is 0 Å². The summed E-state index contributed by atoms with van der Waals surface area (Å²) in [5, 5.41) is 17.2. The first-order chi connectivity index (χ1) is 22.9. The molecule has 1 aromatic carbocycles. The fourth-order valence-electron chi connectivity index (χ4n) is 8.49. The van der Waals surface area contributed by atoms with Crippen molar-refractivity contribution < 1.29 is 9.59 Å². The second kappa shape index (κ2) is 15.4. The van der Waals surface area contributed by atoms with Crippen LogP contribution < -0.4 is 5.32 Å². The SMILES string of the molecule is CCC(CCC(CC(CC(C)c1ccccc1)N1CCCC1=O)n1ccnc1)n1ccc(CC(=O)NC2CC(C)(C)N([O-])C(C)(C)C2)c1. The highest BCUT2D eigenvalue weighted by Gasteiger charge is 2.40. The summed E-state index contributed by atoms with van der Waals surface area (Å²) in [6.45, 7) is 13.2. The Morgan fingerprint density at radius 3 is 2.31 bits per heavy atom. The minimum Gasteiger partial charge on any atom is -0.784 e. The molecule has 9 nitrogen and oxygen atoms in total. The van der Waals surface area contributed by atoms with Crippen molar-refractivity contribution >= 4 is 11.8 Å². The van der Waals surface area contributed by atoms with E-state index in [0.717, 1.165) is 50.6 Å². The van der Waals surface area contributed by atoms with Crippen LogP contribution in [-0.2, 0) is 16.0 Å². The molecular formula is C39H57N6O3-. The molecule has 2 saturated heterocycles. The van der Waals surface area contributed by atoms with Gasteiger partial charge in [-0.2, -0.15) is 0 Å². The van der Waals surface area contributed by atoms with Crippen LogP contribution in [0, 0.1) is 5.21 Å². The zero-order chi connectivity index (χ0) is 34.5. The van der Waals surface area contributed by atoms with Gasteiger partial charge < -0.3 is 29.6 Å². The molecule has 262 valence electrons. The van der Waals surface area contributed by atoms with Gasteiger partial charge in [0.15, 0.2) is 0 Å². The van der Waals surface area contributed by atoms with Crippen LogP contribution in [0.25, 0.3) is 0 Å². The van der Waals surface area contributed by atoms with Crippen LogP contribution in [-0.4, -0.2) is 65.6 Å². The molecule has 3 aromatic rings. The molecule has 2 aromatic heterocycles. The third-order valence-corrected chi connectivity index (χ3v) is 10.9. The molecule has 2 aliphatic rings. The number of rotatable bonds is 15. The molecule has 0 bridgehead atoms. The van der Waals surface area contributed by atoms with E-state index in [4.69, 9.17) is 0 Å². The van der Waals surface area contributed by atoms with Gasteiger partial charge in [0.25, 0.3) is 0 Å². The van der Waals surface area contributed by atoms with E-state index in [0.29, 0.717) is 37.6 Å². The summed E-state index contributed by atoms with van der Waals surface area (Å²) in [7, 11) is 0. The number of nitrogens with zero attached hydrogens (tertiary/aromatic N) is 5. The molecule has 9 heteroatoms.